The van der Waals surface area contributed by atoms with Gasteiger partial charge in [0.15, 0.2) is 0 Å². The van der Waals surface area contributed by atoms with Crippen molar-refractivity contribution in [2.75, 3.05) is 19.6 Å². The van der Waals surface area contributed by atoms with Crippen LogP contribution in [0.2, 0.25) is 0 Å². The number of likely N-dealkylation sites (N-methyl/N-ethyl adjacent to an activating group) is 1. The summed E-state index contributed by atoms with van der Waals surface area (Å²) in [5.41, 5.74) is 6.36. The van der Waals surface area contributed by atoms with Crippen molar-refractivity contribution >= 4 is 0 Å². The van der Waals surface area contributed by atoms with Gasteiger partial charge in [0.1, 0.15) is 0 Å². The van der Waals surface area contributed by atoms with Gasteiger partial charge in [-0.05, 0) is 38.3 Å². The first-order valence-corrected chi connectivity index (χ1v) is 7.55. The summed E-state index contributed by atoms with van der Waals surface area (Å²) in [5.74, 6) is 0.772. The molecule has 0 spiro atoms. The molecule has 2 nitrogen and oxygen atoms in total. The number of hydrogen-bond acceptors (Lipinski definition) is 2. The molecule has 0 saturated heterocycles. The van der Waals surface area contributed by atoms with Crippen LogP contribution in [0.3, 0.4) is 0 Å². The maximum atomic E-state index is 6.13. The van der Waals surface area contributed by atoms with Gasteiger partial charge in [-0.15, -0.1) is 0 Å². The van der Waals surface area contributed by atoms with Gasteiger partial charge in [-0.1, -0.05) is 47.5 Å². The smallest absolute Gasteiger partial charge is 0.0331 e. The Balaban J connectivity index is 4.73. The second-order valence-electron chi connectivity index (χ2n) is 5.43. The highest BCUT2D eigenvalue weighted by Crippen LogP contribution is 2.28. The molecule has 0 aliphatic rings. The second kappa shape index (κ2) is 8.93. The van der Waals surface area contributed by atoms with Crippen molar-refractivity contribution in [3.63, 3.8) is 0 Å². The standard InChI is InChI=1S/C15H34N2/c1-6-10-11-17(9-4)15(8-3,13-16)12-14(5)7-2/h14H,6-13,16H2,1-5H3. The zero-order chi connectivity index (χ0) is 13.3. The lowest BCUT2D eigenvalue weighted by Gasteiger charge is -2.44. The minimum Gasteiger partial charge on any atom is -0.329 e. The van der Waals surface area contributed by atoms with Gasteiger partial charge in [0, 0.05) is 12.1 Å². The Hall–Kier alpha value is -0.0800. The molecule has 2 unspecified atom stereocenters. The van der Waals surface area contributed by atoms with E-state index in [1.54, 1.807) is 0 Å². The molecule has 0 radical (unpaired) electrons. The molecule has 0 rings (SSSR count). The van der Waals surface area contributed by atoms with Crippen molar-refractivity contribution in [2.45, 2.75) is 72.3 Å². The Morgan fingerprint density at radius 2 is 1.82 bits per heavy atom. The van der Waals surface area contributed by atoms with Crippen LogP contribution in [0.1, 0.15) is 66.7 Å². The van der Waals surface area contributed by atoms with Crippen molar-refractivity contribution in [3.8, 4) is 0 Å². The minimum atomic E-state index is 0.235. The van der Waals surface area contributed by atoms with Gasteiger partial charge in [0.2, 0.25) is 0 Å². The van der Waals surface area contributed by atoms with Crippen LogP contribution in [0.25, 0.3) is 0 Å². The van der Waals surface area contributed by atoms with Gasteiger partial charge in [-0.25, -0.2) is 0 Å². The van der Waals surface area contributed by atoms with Gasteiger partial charge < -0.3 is 5.73 Å². The molecule has 2 heteroatoms. The topological polar surface area (TPSA) is 29.3 Å². The van der Waals surface area contributed by atoms with Crippen molar-refractivity contribution in [2.24, 2.45) is 11.7 Å². The molecule has 0 saturated carbocycles. The van der Waals surface area contributed by atoms with Crippen molar-refractivity contribution < 1.29 is 0 Å². The largest absolute Gasteiger partial charge is 0.329 e. The van der Waals surface area contributed by atoms with Crippen LogP contribution in [0.15, 0.2) is 0 Å². The Morgan fingerprint density at radius 3 is 2.18 bits per heavy atom. The normalized spacial score (nSPS) is 17.1. The van der Waals surface area contributed by atoms with Gasteiger partial charge >= 0.3 is 0 Å². The molecule has 0 bridgehead atoms. The Morgan fingerprint density at radius 1 is 1.18 bits per heavy atom. The van der Waals surface area contributed by atoms with E-state index in [9.17, 15) is 0 Å². The first kappa shape index (κ1) is 16.9. The van der Waals surface area contributed by atoms with E-state index < -0.39 is 0 Å². The van der Waals surface area contributed by atoms with E-state index in [1.807, 2.05) is 0 Å². The average Bonchev–Trinajstić information content (AvgIpc) is 2.37. The molecule has 0 aromatic heterocycles. The maximum absolute atomic E-state index is 6.13. The lowest BCUT2D eigenvalue weighted by Crippen LogP contribution is -2.54. The highest BCUT2D eigenvalue weighted by molar-refractivity contribution is 4.91. The Bertz CT molecular complexity index is 176. The fourth-order valence-electron chi connectivity index (χ4n) is 2.73. The Kier molecular flexibility index (Phi) is 8.89. The molecular formula is C15H34N2. The van der Waals surface area contributed by atoms with Crippen LogP contribution < -0.4 is 5.73 Å². The SMILES string of the molecule is CCCCN(CC)C(CC)(CN)CC(C)CC. The van der Waals surface area contributed by atoms with E-state index in [0.717, 1.165) is 19.0 Å². The van der Waals surface area contributed by atoms with Crippen molar-refractivity contribution in [1.29, 1.82) is 0 Å². The zero-order valence-corrected chi connectivity index (χ0v) is 12.8. The van der Waals surface area contributed by atoms with E-state index in [1.165, 1.54) is 38.6 Å². The van der Waals surface area contributed by atoms with E-state index >= 15 is 0 Å². The minimum absolute atomic E-state index is 0.235. The van der Waals surface area contributed by atoms with Gasteiger partial charge in [0.25, 0.3) is 0 Å². The molecule has 17 heavy (non-hydrogen) atoms. The summed E-state index contributed by atoms with van der Waals surface area (Å²) in [7, 11) is 0. The van der Waals surface area contributed by atoms with Crippen LogP contribution in [0.4, 0.5) is 0 Å². The highest BCUT2D eigenvalue weighted by atomic mass is 15.2. The monoisotopic (exact) mass is 242 g/mol. The number of nitrogens with two attached hydrogens (primary N) is 1. The molecule has 0 aromatic rings. The van der Waals surface area contributed by atoms with Gasteiger partial charge in [0.05, 0.1) is 0 Å². The van der Waals surface area contributed by atoms with Crippen LogP contribution in [0.5, 0.6) is 0 Å². The number of rotatable bonds is 10. The molecule has 2 N–H and O–H groups in total. The fourth-order valence-corrected chi connectivity index (χ4v) is 2.73. The van der Waals surface area contributed by atoms with Crippen molar-refractivity contribution in [1.82, 2.24) is 4.90 Å². The summed E-state index contributed by atoms with van der Waals surface area (Å²) in [5, 5.41) is 0. The molecule has 104 valence electrons. The van der Waals surface area contributed by atoms with E-state index in [-0.39, 0.29) is 5.54 Å². The summed E-state index contributed by atoms with van der Waals surface area (Å²) in [6, 6.07) is 0. The fraction of sp³-hybridized carbons (Fsp3) is 1.00. The first-order valence-electron chi connectivity index (χ1n) is 7.55. The number of hydrogen-bond donors (Lipinski definition) is 1. The van der Waals surface area contributed by atoms with Crippen LogP contribution in [-0.2, 0) is 0 Å². The van der Waals surface area contributed by atoms with Crippen LogP contribution in [-0.4, -0.2) is 30.1 Å². The lowest BCUT2D eigenvalue weighted by molar-refractivity contribution is 0.0694. The third kappa shape index (κ3) is 4.97. The zero-order valence-electron chi connectivity index (χ0n) is 12.8. The van der Waals surface area contributed by atoms with E-state index in [4.69, 9.17) is 5.73 Å². The predicted molar refractivity (Wildman–Crippen MR) is 78.3 cm³/mol. The first-order chi connectivity index (χ1) is 8.10. The quantitative estimate of drug-likeness (QED) is 0.633. The van der Waals surface area contributed by atoms with Gasteiger partial charge in [-0.2, -0.15) is 0 Å². The van der Waals surface area contributed by atoms with Crippen LogP contribution >= 0.6 is 0 Å². The van der Waals surface area contributed by atoms with E-state index in [2.05, 4.69) is 39.5 Å². The molecule has 0 aromatic carbocycles. The average molecular weight is 242 g/mol. The summed E-state index contributed by atoms with van der Waals surface area (Å²) in [6.07, 6.45) is 6.23. The lowest BCUT2D eigenvalue weighted by atomic mass is 9.83. The molecule has 0 aliphatic carbocycles. The molecule has 0 amide bonds. The second-order valence-corrected chi connectivity index (χ2v) is 5.43. The Labute approximate surface area is 109 Å². The molecular weight excluding hydrogens is 208 g/mol. The van der Waals surface area contributed by atoms with E-state index in [0.29, 0.717) is 0 Å². The van der Waals surface area contributed by atoms with Crippen LogP contribution in [0, 0.1) is 5.92 Å². The predicted octanol–water partition coefficient (Wildman–Crippen LogP) is 3.65. The molecule has 2 atom stereocenters. The molecule has 0 heterocycles. The summed E-state index contributed by atoms with van der Waals surface area (Å²) < 4.78 is 0. The number of nitrogens with zero attached hydrogens (tertiary/aromatic N) is 1. The molecule has 0 fully saturated rings. The van der Waals surface area contributed by atoms with Crippen molar-refractivity contribution in [3.05, 3.63) is 0 Å². The third-order valence-electron chi connectivity index (χ3n) is 4.30. The number of unbranched alkanes of at least 4 members (excludes halogenated alkanes) is 1. The maximum Gasteiger partial charge on any atom is 0.0331 e. The summed E-state index contributed by atoms with van der Waals surface area (Å²) in [6.45, 7) is 14.6. The molecule has 0 aliphatic heterocycles. The van der Waals surface area contributed by atoms with Gasteiger partial charge in [-0.3, -0.25) is 4.90 Å². The third-order valence-corrected chi connectivity index (χ3v) is 4.30. The summed E-state index contributed by atoms with van der Waals surface area (Å²) in [4.78, 5) is 2.63. The summed E-state index contributed by atoms with van der Waals surface area (Å²) >= 11 is 0. The highest BCUT2D eigenvalue weighted by Gasteiger charge is 2.33.